The number of aryl methyl sites for hydroxylation is 1. The molecule has 2 aromatic rings. The molecule has 1 aromatic carbocycles. The Morgan fingerprint density at radius 3 is 2.65 bits per heavy atom. The third-order valence-corrected chi connectivity index (χ3v) is 3.29. The molecule has 1 heterocycles. The number of aliphatic carboxylic acids is 1. The summed E-state index contributed by atoms with van der Waals surface area (Å²) in [5.74, 6) is -1.13. The molecular formula is C16H17NO3. The second-order valence-corrected chi connectivity index (χ2v) is 4.63. The van der Waals surface area contributed by atoms with Gasteiger partial charge in [-0.3, -0.25) is 4.79 Å². The Balaban J connectivity index is 2.32. The van der Waals surface area contributed by atoms with E-state index in [1.54, 1.807) is 18.2 Å². The minimum absolute atomic E-state index is 0.419. The van der Waals surface area contributed by atoms with E-state index in [1.165, 1.54) is 7.11 Å². The molecule has 0 aliphatic heterocycles. The van der Waals surface area contributed by atoms with E-state index in [9.17, 15) is 9.90 Å². The Hall–Kier alpha value is -2.36. The van der Waals surface area contributed by atoms with E-state index in [2.05, 4.69) is 4.98 Å². The van der Waals surface area contributed by atoms with Crippen LogP contribution in [-0.2, 0) is 11.2 Å². The number of carbonyl (C=O) groups is 1. The topological polar surface area (TPSA) is 59.4 Å². The maximum atomic E-state index is 11.5. The molecule has 1 aromatic heterocycles. The molecule has 104 valence electrons. The van der Waals surface area contributed by atoms with Gasteiger partial charge in [0.1, 0.15) is 5.92 Å². The molecule has 0 aliphatic carbocycles. The molecule has 2 rings (SSSR count). The molecule has 4 nitrogen and oxygen atoms in total. The van der Waals surface area contributed by atoms with Gasteiger partial charge in [-0.05, 0) is 30.5 Å². The van der Waals surface area contributed by atoms with Crippen LogP contribution in [0.1, 0.15) is 22.7 Å². The zero-order valence-electron chi connectivity index (χ0n) is 11.5. The zero-order valence-corrected chi connectivity index (χ0v) is 11.5. The largest absolute Gasteiger partial charge is 0.481 e. The summed E-state index contributed by atoms with van der Waals surface area (Å²) in [4.78, 5) is 15.8. The maximum absolute atomic E-state index is 11.5. The molecule has 1 atom stereocenters. The smallest absolute Gasteiger partial charge is 0.312 e. The van der Waals surface area contributed by atoms with Crippen molar-refractivity contribution in [2.24, 2.45) is 0 Å². The van der Waals surface area contributed by atoms with Crippen LogP contribution in [0.5, 0.6) is 5.88 Å². The molecule has 4 heteroatoms. The van der Waals surface area contributed by atoms with E-state index in [-0.39, 0.29) is 0 Å². The first-order valence-electron chi connectivity index (χ1n) is 6.40. The van der Waals surface area contributed by atoms with Crippen LogP contribution >= 0.6 is 0 Å². The molecule has 0 saturated heterocycles. The Labute approximate surface area is 118 Å². The van der Waals surface area contributed by atoms with E-state index in [0.717, 1.165) is 11.1 Å². The zero-order chi connectivity index (χ0) is 14.5. The highest BCUT2D eigenvalue weighted by atomic mass is 16.5. The molecule has 0 saturated carbocycles. The van der Waals surface area contributed by atoms with Crippen LogP contribution in [0.25, 0.3) is 0 Å². The van der Waals surface area contributed by atoms with Crippen LogP contribution in [0.3, 0.4) is 0 Å². The van der Waals surface area contributed by atoms with Crippen molar-refractivity contribution in [2.75, 3.05) is 7.11 Å². The van der Waals surface area contributed by atoms with Crippen molar-refractivity contribution in [3.05, 3.63) is 59.3 Å². The van der Waals surface area contributed by atoms with Crippen LogP contribution in [0, 0.1) is 6.92 Å². The first-order chi connectivity index (χ1) is 9.61. The van der Waals surface area contributed by atoms with E-state index >= 15 is 0 Å². The Morgan fingerprint density at radius 1 is 1.25 bits per heavy atom. The lowest BCUT2D eigenvalue weighted by molar-refractivity contribution is -0.138. The number of ether oxygens (including phenoxy) is 1. The third kappa shape index (κ3) is 3.15. The van der Waals surface area contributed by atoms with E-state index < -0.39 is 11.9 Å². The number of carboxylic acid groups (broad SMARTS) is 1. The molecule has 0 aliphatic rings. The molecule has 0 amide bonds. The number of hydrogen-bond acceptors (Lipinski definition) is 3. The number of rotatable bonds is 5. The van der Waals surface area contributed by atoms with Gasteiger partial charge in [0.25, 0.3) is 0 Å². The number of aromatic nitrogens is 1. The predicted molar refractivity (Wildman–Crippen MR) is 76.0 cm³/mol. The lowest BCUT2D eigenvalue weighted by Crippen LogP contribution is -2.16. The highest BCUT2D eigenvalue weighted by molar-refractivity contribution is 5.76. The lowest BCUT2D eigenvalue weighted by atomic mass is 9.93. The normalized spacial score (nSPS) is 11.9. The van der Waals surface area contributed by atoms with Gasteiger partial charge in [0, 0.05) is 6.07 Å². The monoisotopic (exact) mass is 271 g/mol. The van der Waals surface area contributed by atoms with Gasteiger partial charge in [-0.15, -0.1) is 0 Å². The van der Waals surface area contributed by atoms with Crippen LogP contribution in [-0.4, -0.2) is 23.2 Å². The van der Waals surface area contributed by atoms with Crippen LogP contribution in [0.4, 0.5) is 0 Å². The maximum Gasteiger partial charge on any atom is 0.312 e. The highest BCUT2D eigenvalue weighted by Gasteiger charge is 2.22. The summed E-state index contributed by atoms with van der Waals surface area (Å²) < 4.78 is 5.05. The first-order valence-corrected chi connectivity index (χ1v) is 6.40. The summed E-state index contributed by atoms with van der Waals surface area (Å²) in [5.41, 5.74) is 2.62. The first kappa shape index (κ1) is 14.1. The predicted octanol–water partition coefficient (Wildman–Crippen LogP) is 2.81. The Bertz CT molecular complexity index is 610. The third-order valence-electron chi connectivity index (χ3n) is 3.29. The van der Waals surface area contributed by atoms with E-state index in [1.807, 2.05) is 31.2 Å². The van der Waals surface area contributed by atoms with Crippen molar-refractivity contribution in [2.45, 2.75) is 19.3 Å². The minimum Gasteiger partial charge on any atom is -0.481 e. The van der Waals surface area contributed by atoms with Crippen molar-refractivity contribution in [1.29, 1.82) is 0 Å². The average molecular weight is 271 g/mol. The Morgan fingerprint density at radius 2 is 2.00 bits per heavy atom. The second kappa shape index (κ2) is 6.19. The fourth-order valence-corrected chi connectivity index (χ4v) is 2.12. The van der Waals surface area contributed by atoms with Crippen molar-refractivity contribution < 1.29 is 14.6 Å². The van der Waals surface area contributed by atoms with Crippen LogP contribution < -0.4 is 4.74 Å². The van der Waals surface area contributed by atoms with Crippen molar-refractivity contribution in [3.63, 3.8) is 0 Å². The van der Waals surface area contributed by atoms with Gasteiger partial charge in [-0.1, -0.05) is 30.3 Å². The molecule has 0 radical (unpaired) electrons. The van der Waals surface area contributed by atoms with Gasteiger partial charge < -0.3 is 9.84 Å². The molecule has 20 heavy (non-hydrogen) atoms. The van der Waals surface area contributed by atoms with E-state index in [0.29, 0.717) is 18.0 Å². The fraction of sp³-hybridized carbons (Fsp3) is 0.250. The summed E-state index contributed by atoms with van der Waals surface area (Å²) in [6, 6.07) is 13.0. The summed E-state index contributed by atoms with van der Waals surface area (Å²) >= 11 is 0. The van der Waals surface area contributed by atoms with Gasteiger partial charge in [0.2, 0.25) is 5.88 Å². The lowest BCUT2D eigenvalue weighted by Gasteiger charge is -2.14. The summed E-state index contributed by atoms with van der Waals surface area (Å²) in [6.45, 7) is 1.98. The van der Waals surface area contributed by atoms with Gasteiger partial charge >= 0.3 is 5.97 Å². The van der Waals surface area contributed by atoms with Gasteiger partial charge in [0.15, 0.2) is 0 Å². The van der Waals surface area contributed by atoms with Crippen molar-refractivity contribution in [1.82, 2.24) is 4.98 Å². The molecule has 1 N–H and O–H groups in total. The van der Waals surface area contributed by atoms with Crippen molar-refractivity contribution in [3.8, 4) is 5.88 Å². The number of benzene rings is 1. The SMILES string of the molecule is COc1cccc(C(Cc2ccccc2C)C(=O)O)n1. The molecule has 1 unspecified atom stereocenters. The highest BCUT2D eigenvalue weighted by Crippen LogP contribution is 2.23. The van der Waals surface area contributed by atoms with E-state index in [4.69, 9.17) is 4.74 Å². The number of methoxy groups -OCH3 is 1. The number of nitrogens with zero attached hydrogens (tertiary/aromatic N) is 1. The minimum atomic E-state index is -0.881. The Kier molecular flexibility index (Phi) is 4.35. The van der Waals surface area contributed by atoms with Gasteiger partial charge in [-0.2, -0.15) is 0 Å². The number of hydrogen-bond donors (Lipinski definition) is 1. The molecular weight excluding hydrogens is 254 g/mol. The second-order valence-electron chi connectivity index (χ2n) is 4.63. The fourth-order valence-electron chi connectivity index (χ4n) is 2.12. The van der Waals surface area contributed by atoms with Gasteiger partial charge in [-0.25, -0.2) is 4.98 Å². The molecule has 0 bridgehead atoms. The number of pyridine rings is 1. The quantitative estimate of drug-likeness (QED) is 0.908. The summed E-state index contributed by atoms with van der Waals surface area (Å²) in [7, 11) is 1.52. The van der Waals surface area contributed by atoms with Crippen LogP contribution in [0.15, 0.2) is 42.5 Å². The average Bonchev–Trinajstić information content (AvgIpc) is 2.46. The van der Waals surface area contributed by atoms with Crippen LogP contribution in [0.2, 0.25) is 0 Å². The standard InChI is InChI=1S/C16H17NO3/c1-11-6-3-4-7-12(11)10-13(16(18)19)14-8-5-9-15(17-14)20-2/h3-9,13H,10H2,1-2H3,(H,18,19). The molecule has 0 fully saturated rings. The number of carboxylic acids is 1. The van der Waals surface area contributed by atoms with Gasteiger partial charge in [0.05, 0.1) is 12.8 Å². The summed E-state index contributed by atoms with van der Waals surface area (Å²) in [5, 5.41) is 9.46. The van der Waals surface area contributed by atoms with Crippen molar-refractivity contribution >= 4 is 5.97 Å². The molecule has 0 spiro atoms. The summed E-state index contributed by atoms with van der Waals surface area (Å²) in [6.07, 6.45) is 0.419.